The zero-order chi connectivity index (χ0) is 12.3. The van der Waals surface area contributed by atoms with Gasteiger partial charge in [0.05, 0.1) is 11.9 Å². The molecule has 3 nitrogen and oxygen atoms in total. The molecule has 1 fully saturated rings. The van der Waals surface area contributed by atoms with Gasteiger partial charge < -0.3 is 10.2 Å². The highest BCUT2D eigenvalue weighted by molar-refractivity contribution is 9.10. The van der Waals surface area contributed by atoms with E-state index in [0.717, 1.165) is 10.3 Å². The minimum atomic E-state index is 0.597. The number of likely N-dealkylation sites (tertiary alicyclic amines) is 1. The fourth-order valence-corrected chi connectivity index (χ4v) is 2.48. The van der Waals surface area contributed by atoms with Gasteiger partial charge in [-0.3, -0.25) is 0 Å². The Morgan fingerprint density at radius 3 is 2.76 bits per heavy atom. The van der Waals surface area contributed by atoms with Crippen molar-refractivity contribution in [2.24, 2.45) is 0 Å². The maximum Gasteiger partial charge on any atom is 0.109 e. The molecule has 0 saturated carbocycles. The Bertz CT molecular complexity index is 373. The number of aryl methyl sites for hydroxylation is 1. The van der Waals surface area contributed by atoms with Crippen LogP contribution in [0.1, 0.15) is 25.3 Å². The van der Waals surface area contributed by atoms with E-state index in [-0.39, 0.29) is 0 Å². The highest BCUT2D eigenvalue weighted by atomic mass is 79.9. The first kappa shape index (κ1) is 12.8. The summed E-state index contributed by atoms with van der Waals surface area (Å²) in [5.74, 6) is 0. The summed E-state index contributed by atoms with van der Waals surface area (Å²) in [7, 11) is 0. The number of hydrogen-bond acceptors (Lipinski definition) is 3. The molecule has 0 atom stereocenters. The lowest BCUT2D eigenvalue weighted by Gasteiger charge is -2.32. The molecule has 17 heavy (non-hydrogen) atoms. The maximum absolute atomic E-state index is 4.32. The average molecular weight is 298 g/mol. The Morgan fingerprint density at radius 1 is 1.47 bits per heavy atom. The molecule has 0 bridgehead atoms. The van der Waals surface area contributed by atoms with Gasteiger partial charge in [0.15, 0.2) is 0 Å². The molecule has 4 heteroatoms. The van der Waals surface area contributed by atoms with Crippen LogP contribution in [0.3, 0.4) is 0 Å². The van der Waals surface area contributed by atoms with Gasteiger partial charge in [0.2, 0.25) is 0 Å². The molecule has 2 rings (SSSR count). The van der Waals surface area contributed by atoms with Gasteiger partial charge in [0.25, 0.3) is 0 Å². The molecule has 0 aliphatic carbocycles. The fraction of sp³-hybridized carbons (Fsp3) is 0.615. The van der Waals surface area contributed by atoms with Crippen molar-refractivity contribution < 1.29 is 0 Å². The number of nitrogens with zero attached hydrogens (tertiary/aromatic N) is 2. The summed E-state index contributed by atoms with van der Waals surface area (Å²) < 4.78 is 0.934. The van der Waals surface area contributed by atoms with Crippen molar-refractivity contribution in [2.45, 2.75) is 32.7 Å². The first-order valence-corrected chi connectivity index (χ1v) is 7.09. The van der Waals surface area contributed by atoms with E-state index in [0.29, 0.717) is 6.04 Å². The van der Waals surface area contributed by atoms with Crippen molar-refractivity contribution in [3.05, 3.63) is 22.4 Å². The molecular weight excluding hydrogens is 278 g/mol. The topological polar surface area (TPSA) is 28.2 Å². The monoisotopic (exact) mass is 297 g/mol. The van der Waals surface area contributed by atoms with Crippen LogP contribution in [0.5, 0.6) is 0 Å². The van der Waals surface area contributed by atoms with Gasteiger partial charge in [0, 0.05) is 19.1 Å². The Balaban J connectivity index is 1.91. The normalized spacial score (nSPS) is 18.3. The SMILES string of the molecule is CCN1CCC(Nc2cnc(Br)c(C)c2)CC1. The van der Waals surface area contributed by atoms with Crippen molar-refractivity contribution >= 4 is 21.6 Å². The smallest absolute Gasteiger partial charge is 0.109 e. The Hall–Kier alpha value is -0.610. The Morgan fingerprint density at radius 2 is 2.18 bits per heavy atom. The predicted octanol–water partition coefficient (Wildman–Crippen LogP) is 3.05. The molecule has 2 heterocycles. The van der Waals surface area contributed by atoms with E-state index in [1.54, 1.807) is 0 Å². The van der Waals surface area contributed by atoms with Gasteiger partial charge in [-0.2, -0.15) is 0 Å². The van der Waals surface area contributed by atoms with Gasteiger partial charge in [-0.1, -0.05) is 6.92 Å². The second-order valence-corrected chi connectivity index (χ2v) is 5.44. The van der Waals surface area contributed by atoms with Gasteiger partial charge in [-0.05, 0) is 53.9 Å². The summed E-state index contributed by atoms with van der Waals surface area (Å²) in [5.41, 5.74) is 2.32. The minimum Gasteiger partial charge on any atom is -0.381 e. The van der Waals surface area contributed by atoms with Gasteiger partial charge >= 0.3 is 0 Å². The Labute approximate surface area is 112 Å². The number of halogens is 1. The molecule has 1 aromatic heterocycles. The van der Waals surface area contributed by atoms with Crippen molar-refractivity contribution in [1.29, 1.82) is 0 Å². The zero-order valence-electron chi connectivity index (χ0n) is 10.5. The van der Waals surface area contributed by atoms with E-state index < -0.39 is 0 Å². The molecule has 1 aliphatic rings. The van der Waals surface area contributed by atoms with Gasteiger partial charge in [0.1, 0.15) is 4.60 Å². The number of pyridine rings is 1. The van der Waals surface area contributed by atoms with Crippen LogP contribution in [0.25, 0.3) is 0 Å². The van der Waals surface area contributed by atoms with Crippen molar-refractivity contribution in [1.82, 2.24) is 9.88 Å². The number of rotatable bonds is 3. The van der Waals surface area contributed by atoms with Gasteiger partial charge in [-0.15, -0.1) is 0 Å². The van der Waals surface area contributed by atoms with Crippen LogP contribution < -0.4 is 5.32 Å². The highest BCUT2D eigenvalue weighted by Crippen LogP contribution is 2.20. The van der Waals surface area contributed by atoms with Crippen LogP contribution in [0, 0.1) is 6.92 Å². The van der Waals surface area contributed by atoms with E-state index in [1.807, 2.05) is 6.20 Å². The van der Waals surface area contributed by atoms with Crippen LogP contribution in [0.2, 0.25) is 0 Å². The molecule has 1 aliphatic heterocycles. The first-order chi connectivity index (χ1) is 8.19. The summed E-state index contributed by atoms with van der Waals surface area (Å²) in [4.78, 5) is 6.82. The number of nitrogens with one attached hydrogen (secondary N) is 1. The molecule has 0 amide bonds. The summed E-state index contributed by atoms with van der Waals surface area (Å²) in [6.45, 7) is 7.89. The van der Waals surface area contributed by atoms with Crippen LogP contribution in [0.4, 0.5) is 5.69 Å². The first-order valence-electron chi connectivity index (χ1n) is 6.30. The number of hydrogen-bond donors (Lipinski definition) is 1. The molecule has 0 radical (unpaired) electrons. The zero-order valence-corrected chi connectivity index (χ0v) is 12.1. The molecule has 0 spiro atoms. The van der Waals surface area contributed by atoms with E-state index in [9.17, 15) is 0 Å². The van der Waals surface area contributed by atoms with Crippen LogP contribution in [-0.4, -0.2) is 35.6 Å². The molecule has 1 saturated heterocycles. The average Bonchev–Trinajstić information content (AvgIpc) is 2.35. The highest BCUT2D eigenvalue weighted by Gasteiger charge is 2.17. The lowest BCUT2D eigenvalue weighted by atomic mass is 10.0. The quantitative estimate of drug-likeness (QED) is 0.869. The summed E-state index contributed by atoms with van der Waals surface area (Å²) in [6, 6.07) is 2.75. The van der Waals surface area contributed by atoms with E-state index >= 15 is 0 Å². The number of aromatic nitrogens is 1. The predicted molar refractivity (Wildman–Crippen MR) is 75.4 cm³/mol. The maximum atomic E-state index is 4.32. The molecule has 94 valence electrons. The minimum absolute atomic E-state index is 0.597. The second kappa shape index (κ2) is 5.83. The third-order valence-electron chi connectivity index (χ3n) is 3.42. The van der Waals surface area contributed by atoms with E-state index in [2.05, 4.69) is 51.0 Å². The van der Waals surface area contributed by atoms with E-state index in [1.165, 1.54) is 38.0 Å². The molecule has 0 unspecified atom stereocenters. The fourth-order valence-electron chi connectivity index (χ4n) is 2.27. The van der Waals surface area contributed by atoms with Crippen molar-refractivity contribution in [3.8, 4) is 0 Å². The molecule has 1 aromatic rings. The van der Waals surface area contributed by atoms with Crippen molar-refractivity contribution in [2.75, 3.05) is 25.0 Å². The lowest BCUT2D eigenvalue weighted by Crippen LogP contribution is -2.38. The van der Waals surface area contributed by atoms with Crippen molar-refractivity contribution in [3.63, 3.8) is 0 Å². The lowest BCUT2D eigenvalue weighted by molar-refractivity contribution is 0.229. The summed E-state index contributed by atoms with van der Waals surface area (Å²) in [5, 5.41) is 3.58. The number of anilines is 1. The number of piperidine rings is 1. The Kier molecular flexibility index (Phi) is 4.40. The van der Waals surface area contributed by atoms with Crippen LogP contribution in [0.15, 0.2) is 16.9 Å². The summed E-state index contributed by atoms with van der Waals surface area (Å²) in [6.07, 6.45) is 4.36. The molecule has 0 aromatic carbocycles. The second-order valence-electron chi connectivity index (χ2n) is 4.68. The van der Waals surface area contributed by atoms with E-state index in [4.69, 9.17) is 0 Å². The molecule has 1 N–H and O–H groups in total. The van der Waals surface area contributed by atoms with Gasteiger partial charge in [-0.25, -0.2) is 4.98 Å². The standard InChI is InChI=1S/C13H20BrN3/c1-3-17-6-4-11(5-7-17)16-12-8-10(2)13(14)15-9-12/h8-9,11,16H,3-7H2,1-2H3. The largest absolute Gasteiger partial charge is 0.381 e. The third kappa shape index (κ3) is 3.42. The van der Waals surface area contributed by atoms with Crippen LogP contribution in [-0.2, 0) is 0 Å². The van der Waals surface area contributed by atoms with Crippen LogP contribution >= 0.6 is 15.9 Å². The third-order valence-corrected chi connectivity index (χ3v) is 4.25. The molecular formula is C13H20BrN3. The summed E-state index contributed by atoms with van der Waals surface area (Å²) >= 11 is 3.43.